The molecule has 17 heavy (non-hydrogen) atoms. The SMILES string of the molecule is Cl.NC(=O)N(CC(F)(F)F)Nc1ccccc1. The second kappa shape index (κ2) is 6.19. The molecule has 0 spiro atoms. The number of anilines is 1. The van der Waals surface area contributed by atoms with Gasteiger partial charge in [0.15, 0.2) is 0 Å². The maximum Gasteiger partial charge on any atom is 0.408 e. The van der Waals surface area contributed by atoms with Crippen molar-refractivity contribution in [3.8, 4) is 0 Å². The molecule has 0 aliphatic rings. The van der Waals surface area contributed by atoms with Crippen LogP contribution < -0.4 is 11.2 Å². The van der Waals surface area contributed by atoms with Gasteiger partial charge in [0.1, 0.15) is 6.54 Å². The van der Waals surface area contributed by atoms with Gasteiger partial charge < -0.3 is 5.73 Å². The van der Waals surface area contributed by atoms with Gasteiger partial charge in [-0.05, 0) is 12.1 Å². The van der Waals surface area contributed by atoms with E-state index in [2.05, 4.69) is 5.43 Å². The molecule has 0 saturated heterocycles. The van der Waals surface area contributed by atoms with E-state index in [1.54, 1.807) is 18.2 Å². The number of nitrogens with zero attached hydrogens (tertiary/aromatic N) is 1. The van der Waals surface area contributed by atoms with Crippen LogP contribution in [0.3, 0.4) is 0 Å². The van der Waals surface area contributed by atoms with E-state index in [1.807, 2.05) is 0 Å². The first kappa shape index (κ1) is 15.4. The number of hydrogen-bond acceptors (Lipinski definition) is 2. The van der Waals surface area contributed by atoms with E-state index >= 15 is 0 Å². The minimum absolute atomic E-state index is 0. The molecule has 0 aliphatic carbocycles. The number of nitrogens with two attached hydrogens (primary N) is 1. The van der Waals surface area contributed by atoms with Crippen molar-refractivity contribution >= 4 is 24.1 Å². The molecule has 0 fully saturated rings. The van der Waals surface area contributed by atoms with Crippen molar-refractivity contribution in [1.29, 1.82) is 0 Å². The molecular formula is C9H11ClF3N3O. The molecule has 0 heterocycles. The zero-order chi connectivity index (χ0) is 12.2. The van der Waals surface area contributed by atoms with Crippen molar-refractivity contribution < 1.29 is 18.0 Å². The first-order valence-electron chi connectivity index (χ1n) is 4.34. The average Bonchev–Trinajstić information content (AvgIpc) is 2.16. The van der Waals surface area contributed by atoms with Crippen LogP contribution >= 0.6 is 12.4 Å². The number of amides is 2. The monoisotopic (exact) mass is 269 g/mol. The van der Waals surface area contributed by atoms with E-state index in [0.717, 1.165) is 0 Å². The zero-order valence-electron chi connectivity index (χ0n) is 8.57. The number of para-hydroxylation sites is 1. The molecule has 0 aliphatic heterocycles. The Morgan fingerprint density at radius 1 is 1.29 bits per heavy atom. The van der Waals surface area contributed by atoms with Crippen molar-refractivity contribution in [3.63, 3.8) is 0 Å². The quantitative estimate of drug-likeness (QED) is 0.828. The molecule has 1 aromatic carbocycles. The number of hydrogen-bond donors (Lipinski definition) is 2. The lowest BCUT2D eigenvalue weighted by Gasteiger charge is -2.23. The molecular weight excluding hydrogens is 259 g/mol. The van der Waals surface area contributed by atoms with Gasteiger partial charge in [-0.2, -0.15) is 13.2 Å². The Morgan fingerprint density at radius 3 is 2.24 bits per heavy atom. The van der Waals surface area contributed by atoms with Gasteiger partial charge >= 0.3 is 12.2 Å². The van der Waals surface area contributed by atoms with Gasteiger partial charge in [-0.3, -0.25) is 5.43 Å². The molecule has 96 valence electrons. The Labute approximate surface area is 102 Å². The van der Waals surface area contributed by atoms with Gasteiger partial charge in [0.05, 0.1) is 5.69 Å². The Kier molecular flexibility index (Phi) is 5.60. The fraction of sp³-hybridized carbons (Fsp3) is 0.222. The van der Waals surface area contributed by atoms with Crippen LogP contribution in [0.5, 0.6) is 0 Å². The topological polar surface area (TPSA) is 58.4 Å². The lowest BCUT2D eigenvalue weighted by atomic mass is 10.3. The van der Waals surface area contributed by atoms with Crippen molar-refractivity contribution in [2.75, 3.05) is 12.0 Å². The molecule has 0 aromatic heterocycles. The minimum atomic E-state index is -4.50. The maximum absolute atomic E-state index is 12.1. The van der Waals surface area contributed by atoms with Crippen LogP contribution in [0.4, 0.5) is 23.7 Å². The van der Waals surface area contributed by atoms with E-state index < -0.39 is 18.8 Å². The first-order chi connectivity index (χ1) is 7.38. The fourth-order valence-corrected chi connectivity index (χ4v) is 1.02. The number of primary amides is 1. The van der Waals surface area contributed by atoms with Gasteiger partial charge in [-0.1, -0.05) is 18.2 Å². The predicted molar refractivity (Wildman–Crippen MR) is 59.7 cm³/mol. The van der Waals surface area contributed by atoms with Gasteiger partial charge in [0.2, 0.25) is 0 Å². The third kappa shape index (κ3) is 5.86. The summed E-state index contributed by atoms with van der Waals surface area (Å²) in [5, 5.41) is 0.301. The molecule has 3 N–H and O–H groups in total. The number of carbonyl (C=O) groups is 1. The third-order valence-electron chi connectivity index (χ3n) is 1.64. The molecule has 8 heteroatoms. The highest BCUT2D eigenvalue weighted by molar-refractivity contribution is 5.85. The van der Waals surface area contributed by atoms with E-state index in [1.165, 1.54) is 12.1 Å². The number of rotatable bonds is 3. The van der Waals surface area contributed by atoms with Crippen LogP contribution in [-0.4, -0.2) is 23.8 Å². The number of benzene rings is 1. The largest absolute Gasteiger partial charge is 0.408 e. The van der Waals surface area contributed by atoms with E-state index in [0.29, 0.717) is 10.7 Å². The smallest absolute Gasteiger partial charge is 0.350 e. The number of urea groups is 1. The Balaban J connectivity index is 0.00000256. The number of alkyl halides is 3. The van der Waals surface area contributed by atoms with E-state index in [-0.39, 0.29) is 12.4 Å². The summed E-state index contributed by atoms with van der Waals surface area (Å²) in [6.45, 7) is -1.45. The van der Waals surface area contributed by atoms with Crippen LogP contribution in [-0.2, 0) is 0 Å². The number of carbonyl (C=O) groups excluding carboxylic acids is 1. The van der Waals surface area contributed by atoms with Gasteiger partial charge in [-0.15, -0.1) is 12.4 Å². The molecule has 0 saturated carbocycles. The molecule has 0 atom stereocenters. The molecule has 4 nitrogen and oxygen atoms in total. The molecule has 2 amide bonds. The molecule has 1 aromatic rings. The van der Waals surface area contributed by atoms with Crippen molar-refractivity contribution in [2.24, 2.45) is 5.73 Å². The summed E-state index contributed by atoms with van der Waals surface area (Å²) in [7, 11) is 0. The van der Waals surface area contributed by atoms with Crippen LogP contribution in [0, 0.1) is 0 Å². The Bertz CT molecular complexity index is 358. The Morgan fingerprint density at radius 2 is 1.82 bits per heavy atom. The Hall–Kier alpha value is -1.63. The first-order valence-corrected chi connectivity index (χ1v) is 4.34. The standard InChI is InChI=1S/C9H10F3N3O.ClH/c10-9(11,12)6-15(8(13)16)14-7-4-2-1-3-5-7;/h1-5,14H,6H2,(H2,13,16);1H. The van der Waals surface area contributed by atoms with Gasteiger partial charge in [0, 0.05) is 0 Å². The van der Waals surface area contributed by atoms with Gasteiger partial charge in [-0.25, -0.2) is 9.80 Å². The molecule has 0 unspecified atom stereocenters. The second-order valence-corrected chi connectivity index (χ2v) is 3.02. The van der Waals surface area contributed by atoms with Crippen molar-refractivity contribution in [2.45, 2.75) is 6.18 Å². The number of hydrazine groups is 1. The summed E-state index contributed by atoms with van der Waals surface area (Å²) >= 11 is 0. The fourth-order valence-electron chi connectivity index (χ4n) is 1.02. The summed E-state index contributed by atoms with van der Waals surface area (Å²) in [5.41, 5.74) is 7.44. The lowest BCUT2D eigenvalue weighted by Crippen LogP contribution is -2.45. The minimum Gasteiger partial charge on any atom is -0.350 e. The van der Waals surface area contributed by atoms with Crippen molar-refractivity contribution in [3.05, 3.63) is 30.3 Å². The molecule has 0 bridgehead atoms. The second-order valence-electron chi connectivity index (χ2n) is 3.02. The normalized spacial score (nSPS) is 10.3. The summed E-state index contributed by atoms with van der Waals surface area (Å²) in [6.07, 6.45) is -4.50. The number of halogens is 4. The van der Waals surface area contributed by atoms with E-state index in [9.17, 15) is 18.0 Å². The summed E-state index contributed by atoms with van der Waals surface area (Å²) in [4.78, 5) is 10.8. The summed E-state index contributed by atoms with van der Waals surface area (Å²) in [5.74, 6) is 0. The summed E-state index contributed by atoms with van der Waals surface area (Å²) < 4.78 is 36.2. The molecule has 1 rings (SSSR count). The van der Waals surface area contributed by atoms with Crippen LogP contribution in [0.2, 0.25) is 0 Å². The third-order valence-corrected chi connectivity index (χ3v) is 1.64. The number of nitrogens with one attached hydrogen (secondary N) is 1. The van der Waals surface area contributed by atoms with Crippen LogP contribution in [0.15, 0.2) is 30.3 Å². The van der Waals surface area contributed by atoms with Gasteiger partial charge in [0.25, 0.3) is 0 Å². The average molecular weight is 270 g/mol. The lowest BCUT2D eigenvalue weighted by molar-refractivity contribution is -0.137. The highest BCUT2D eigenvalue weighted by Gasteiger charge is 2.32. The highest BCUT2D eigenvalue weighted by atomic mass is 35.5. The maximum atomic E-state index is 12.1. The zero-order valence-corrected chi connectivity index (χ0v) is 9.39. The predicted octanol–water partition coefficient (Wildman–Crippen LogP) is 2.38. The molecule has 0 radical (unpaired) electrons. The van der Waals surface area contributed by atoms with E-state index in [4.69, 9.17) is 5.73 Å². The van der Waals surface area contributed by atoms with Crippen LogP contribution in [0.25, 0.3) is 0 Å². The van der Waals surface area contributed by atoms with Crippen molar-refractivity contribution in [1.82, 2.24) is 5.01 Å². The van der Waals surface area contributed by atoms with Crippen LogP contribution in [0.1, 0.15) is 0 Å². The highest BCUT2D eigenvalue weighted by Crippen LogP contribution is 2.17. The summed E-state index contributed by atoms with van der Waals surface area (Å²) in [6, 6.07) is 6.79.